The Balaban J connectivity index is 1.99. The Bertz CT molecular complexity index is 506. The highest BCUT2D eigenvalue weighted by Crippen LogP contribution is 2.57. The van der Waals surface area contributed by atoms with Crippen molar-refractivity contribution in [2.75, 3.05) is 17.3 Å². The second kappa shape index (κ2) is 3.89. The number of alkyl halides is 1. The summed E-state index contributed by atoms with van der Waals surface area (Å²) in [6.45, 7) is 4.51. The summed E-state index contributed by atoms with van der Waals surface area (Å²) in [5.41, 5.74) is 1.25. The molecule has 0 N–H and O–H groups in total. The lowest BCUT2D eigenvalue weighted by molar-refractivity contribution is -0.150. The van der Waals surface area contributed by atoms with Crippen molar-refractivity contribution in [1.82, 2.24) is 0 Å². The van der Waals surface area contributed by atoms with Crippen LogP contribution in [0.4, 0.5) is 5.69 Å². The zero-order chi connectivity index (χ0) is 13.0. The van der Waals surface area contributed by atoms with E-state index in [1.54, 1.807) is 4.90 Å². The average Bonchev–Trinajstić information content (AvgIpc) is 2.36. The van der Waals surface area contributed by atoms with Crippen molar-refractivity contribution in [3.05, 3.63) is 29.8 Å². The van der Waals surface area contributed by atoms with Gasteiger partial charge in [-0.15, -0.1) is 11.8 Å². The van der Waals surface area contributed by atoms with Crippen LogP contribution < -0.4 is 4.90 Å². The molecule has 0 bridgehead atoms. The number of carbonyl (C=O) groups is 1. The van der Waals surface area contributed by atoms with Gasteiger partial charge in [-0.1, -0.05) is 29.3 Å². The van der Waals surface area contributed by atoms with Crippen molar-refractivity contribution in [3.8, 4) is 0 Å². The summed E-state index contributed by atoms with van der Waals surface area (Å²) in [4.78, 5) is 14.0. The SMILES string of the molecule is Cc1ccc(N2C(=O)[C@@]3(Cl)SCCO[C@@]23C)cc1. The predicted molar refractivity (Wildman–Crippen MR) is 74.1 cm³/mol. The molecule has 5 heteroatoms. The van der Waals surface area contributed by atoms with Crippen LogP contribution in [0.5, 0.6) is 0 Å². The maximum absolute atomic E-state index is 12.3. The van der Waals surface area contributed by atoms with Crippen LogP contribution >= 0.6 is 23.4 Å². The number of halogens is 1. The molecule has 0 aromatic heterocycles. The molecule has 2 aliphatic heterocycles. The minimum absolute atomic E-state index is 0.0831. The van der Waals surface area contributed by atoms with E-state index in [4.69, 9.17) is 16.3 Å². The highest BCUT2D eigenvalue weighted by atomic mass is 35.5. The molecule has 2 aliphatic rings. The molecule has 1 aromatic rings. The zero-order valence-electron chi connectivity index (χ0n) is 10.3. The van der Waals surface area contributed by atoms with Crippen molar-refractivity contribution >= 4 is 35.0 Å². The maximum atomic E-state index is 12.3. The summed E-state index contributed by atoms with van der Waals surface area (Å²) in [5.74, 6) is 0.673. The van der Waals surface area contributed by atoms with Crippen LogP contribution in [0.1, 0.15) is 12.5 Å². The van der Waals surface area contributed by atoms with E-state index in [0.717, 1.165) is 17.0 Å². The predicted octanol–water partition coefficient (Wildman–Crippen LogP) is 2.76. The van der Waals surface area contributed by atoms with E-state index in [2.05, 4.69) is 0 Å². The van der Waals surface area contributed by atoms with Crippen LogP contribution in [0.2, 0.25) is 0 Å². The topological polar surface area (TPSA) is 29.5 Å². The van der Waals surface area contributed by atoms with Gasteiger partial charge < -0.3 is 4.74 Å². The number of benzene rings is 1. The van der Waals surface area contributed by atoms with E-state index in [0.29, 0.717) is 6.61 Å². The number of anilines is 1. The zero-order valence-corrected chi connectivity index (χ0v) is 11.8. The van der Waals surface area contributed by atoms with E-state index in [-0.39, 0.29) is 5.91 Å². The lowest BCUT2D eigenvalue weighted by Crippen LogP contribution is -2.80. The summed E-state index contributed by atoms with van der Waals surface area (Å²) < 4.78 is 4.83. The fraction of sp³-hybridized carbons (Fsp3) is 0.462. The van der Waals surface area contributed by atoms with Gasteiger partial charge in [0.2, 0.25) is 4.21 Å². The van der Waals surface area contributed by atoms with Gasteiger partial charge in [0.25, 0.3) is 5.91 Å². The highest BCUT2D eigenvalue weighted by Gasteiger charge is 2.72. The summed E-state index contributed by atoms with van der Waals surface area (Å²) in [5, 5.41) is 0. The first-order valence-corrected chi connectivity index (χ1v) is 7.23. The van der Waals surface area contributed by atoms with Crippen molar-refractivity contribution < 1.29 is 9.53 Å². The Hall–Kier alpha value is -0.710. The number of thioether (sulfide) groups is 1. The first kappa shape index (κ1) is 12.3. The minimum atomic E-state index is -0.962. The monoisotopic (exact) mass is 283 g/mol. The van der Waals surface area contributed by atoms with Gasteiger partial charge in [0.15, 0.2) is 5.72 Å². The van der Waals surface area contributed by atoms with Crippen molar-refractivity contribution in [2.45, 2.75) is 23.8 Å². The Morgan fingerprint density at radius 2 is 2.06 bits per heavy atom. The lowest BCUT2D eigenvalue weighted by Gasteiger charge is -2.60. The van der Waals surface area contributed by atoms with E-state index in [1.165, 1.54) is 11.8 Å². The normalized spacial score (nSPS) is 35.1. The fourth-order valence-electron chi connectivity index (χ4n) is 2.46. The van der Waals surface area contributed by atoms with Crippen molar-refractivity contribution in [3.63, 3.8) is 0 Å². The summed E-state index contributed by atoms with van der Waals surface area (Å²) in [6, 6.07) is 7.82. The smallest absolute Gasteiger partial charge is 0.265 e. The maximum Gasteiger partial charge on any atom is 0.265 e. The number of β-lactam (4-membered cyclic amide) rings is 1. The van der Waals surface area contributed by atoms with Gasteiger partial charge in [0, 0.05) is 11.4 Å². The number of carbonyl (C=O) groups excluding carboxylic acids is 1. The van der Waals surface area contributed by atoms with Crippen LogP contribution in [0.3, 0.4) is 0 Å². The molecular weight excluding hydrogens is 270 g/mol. The molecule has 1 amide bonds. The lowest BCUT2D eigenvalue weighted by atomic mass is 9.95. The molecule has 2 atom stereocenters. The molecule has 0 saturated carbocycles. The van der Waals surface area contributed by atoms with Gasteiger partial charge in [0.1, 0.15) is 0 Å². The highest BCUT2D eigenvalue weighted by molar-refractivity contribution is 8.03. The average molecular weight is 284 g/mol. The van der Waals surface area contributed by atoms with E-state index in [1.807, 2.05) is 38.1 Å². The molecule has 0 spiro atoms. The third kappa shape index (κ3) is 1.40. The van der Waals surface area contributed by atoms with Gasteiger partial charge in [-0.2, -0.15) is 0 Å². The number of hydrogen-bond acceptors (Lipinski definition) is 3. The largest absolute Gasteiger partial charge is 0.351 e. The Labute approximate surface area is 115 Å². The Morgan fingerprint density at radius 3 is 2.72 bits per heavy atom. The Morgan fingerprint density at radius 1 is 1.39 bits per heavy atom. The molecule has 18 heavy (non-hydrogen) atoms. The molecule has 96 valence electrons. The van der Waals surface area contributed by atoms with Crippen molar-refractivity contribution in [1.29, 1.82) is 0 Å². The van der Waals surface area contributed by atoms with Gasteiger partial charge >= 0.3 is 0 Å². The molecule has 2 saturated heterocycles. The number of rotatable bonds is 1. The molecule has 0 radical (unpaired) electrons. The first-order chi connectivity index (χ1) is 8.49. The third-order valence-corrected chi connectivity index (χ3v) is 5.72. The molecule has 0 aliphatic carbocycles. The van der Waals surface area contributed by atoms with Crippen LogP contribution in [0, 0.1) is 6.92 Å². The fourth-order valence-corrected chi connectivity index (χ4v) is 4.00. The van der Waals surface area contributed by atoms with Crippen molar-refractivity contribution in [2.24, 2.45) is 0 Å². The number of hydrogen-bond donors (Lipinski definition) is 0. The number of nitrogens with zero attached hydrogens (tertiary/aromatic N) is 1. The minimum Gasteiger partial charge on any atom is -0.351 e. The van der Waals surface area contributed by atoms with Crippen LogP contribution in [0.25, 0.3) is 0 Å². The molecule has 0 unspecified atom stereocenters. The molecule has 2 fully saturated rings. The summed E-state index contributed by atoms with van der Waals surface area (Å²) in [6.07, 6.45) is 0. The second-order valence-corrected chi connectivity index (χ2v) is 6.85. The quantitative estimate of drug-likeness (QED) is 0.586. The number of ether oxygens (including phenoxy) is 1. The standard InChI is InChI=1S/C13H14ClNO2S/c1-9-3-5-10(6-4-9)15-11(16)13(14)12(15,2)17-7-8-18-13/h3-6H,7-8H2,1-2H3/t12-,13-/m1/s1. The van der Waals surface area contributed by atoms with Gasteiger partial charge in [-0.25, -0.2) is 0 Å². The molecular formula is C13H14ClNO2S. The van der Waals surface area contributed by atoms with Gasteiger partial charge in [0.05, 0.1) is 6.61 Å². The molecule has 1 aromatic carbocycles. The van der Waals surface area contributed by atoms with E-state index in [9.17, 15) is 4.79 Å². The number of fused-ring (bicyclic) bond motifs is 1. The van der Waals surface area contributed by atoms with Crippen LogP contribution in [0.15, 0.2) is 24.3 Å². The summed E-state index contributed by atoms with van der Waals surface area (Å²) >= 11 is 7.90. The Kier molecular flexibility index (Phi) is 2.66. The van der Waals surface area contributed by atoms with Gasteiger partial charge in [-0.3, -0.25) is 9.69 Å². The second-order valence-electron chi connectivity index (χ2n) is 4.75. The molecule has 2 heterocycles. The van der Waals surface area contributed by atoms with Gasteiger partial charge in [-0.05, 0) is 26.0 Å². The van der Waals surface area contributed by atoms with Crippen LogP contribution in [-0.4, -0.2) is 28.2 Å². The number of aryl methyl sites for hydroxylation is 1. The first-order valence-electron chi connectivity index (χ1n) is 5.87. The summed E-state index contributed by atoms with van der Waals surface area (Å²) in [7, 11) is 0. The molecule has 3 nitrogen and oxygen atoms in total. The third-order valence-electron chi connectivity index (χ3n) is 3.56. The van der Waals surface area contributed by atoms with Crippen LogP contribution in [-0.2, 0) is 9.53 Å². The molecule has 3 rings (SSSR count). The van der Waals surface area contributed by atoms with E-state index >= 15 is 0 Å². The van der Waals surface area contributed by atoms with E-state index < -0.39 is 9.93 Å². The number of amides is 1.